The van der Waals surface area contributed by atoms with Crippen LogP contribution in [0.2, 0.25) is 0 Å². The van der Waals surface area contributed by atoms with Crippen molar-refractivity contribution in [2.24, 2.45) is 0 Å². The van der Waals surface area contributed by atoms with E-state index < -0.39 is 43.5 Å². The highest BCUT2D eigenvalue weighted by molar-refractivity contribution is 7.92. The molecule has 6 rings (SSSR count). The van der Waals surface area contributed by atoms with E-state index in [1.165, 1.54) is 29.5 Å². The SMILES string of the molecule is CC(C)(C)c1nc(-c2cccc(NS(=O)(=O)c3c(F)cccc3F)c2F)c(-c2ccnc(Nc3ccc(C4CCCCOCC4)nc3)n2)s1. The molecule has 0 aliphatic carbocycles. The van der Waals surface area contributed by atoms with E-state index in [1.807, 2.05) is 37.6 Å². The second kappa shape index (κ2) is 14.2. The first kappa shape index (κ1) is 34.5. The molecule has 4 heterocycles. The third-order valence-corrected chi connectivity index (χ3v) is 10.9. The van der Waals surface area contributed by atoms with Crippen molar-refractivity contribution in [1.82, 2.24) is 19.9 Å². The van der Waals surface area contributed by atoms with Gasteiger partial charge in [-0.25, -0.2) is 36.5 Å². The van der Waals surface area contributed by atoms with Crippen molar-refractivity contribution in [3.8, 4) is 21.8 Å². The molecule has 2 N–H and O–H groups in total. The Kier molecular flexibility index (Phi) is 10.00. The highest BCUT2D eigenvalue weighted by Crippen LogP contribution is 2.42. The van der Waals surface area contributed by atoms with Gasteiger partial charge in [0.1, 0.15) is 11.6 Å². The van der Waals surface area contributed by atoms with Gasteiger partial charge in [-0.05, 0) is 61.7 Å². The summed E-state index contributed by atoms with van der Waals surface area (Å²) in [6, 6.07) is 12.3. The lowest BCUT2D eigenvalue weighted by Gasteiger charge is -2.19. The van der Waals surface area contributed by atoms with E-state index in [0.29, 0.717) is 27.2 Å². The first-order valence-corrected chi connectivity index (χ1v) is 18.1. The summed E-state index contributed by atoms with van der Waals surface area (Å²) in [5.41, 5.74) is 1.45. The normalized spacial score (nSPS) is 15.8. The molecule has 0 saturated carbocycles. The van der Waals surface area contributed by atoms with Crippen molar-refractivity contribution in [3.63, 3.8) is 0 Å². The van der Waals surface area contributed by atoms with Gasteiger partial charge in [-0.3, -0.25) is 9.71 Å². The molecule has 3 aromatic heterocycles. The maximum atomic E-state index is 16.2. The van der Waals surface area contributed by atoms with Gasteiger partial charge in [-0.15, -0.1) is 11.3 Å². The summed E-state index contributed by atoms with van der Waals surface area (Å²) in [6.45, 7) is 7.44. The topological polar surface area (TPSA) is 119 Å². The molecule has 9 nitrogen and oxygen atoms in total. The number of nitrogens with one attached hydrogen (secondary N) is 2. The molecule has 0 spiro atoms. The van der Waals surface area contributed by atoms with E-state index in [4.69, 9.17) is 19.7 Å². The maximum Gasteiger partial charge on any atom is 0.267 e. The van der Waals surface area contributed by atoms with Gasteiger partial charge >= 0.3 is 0 Å². The molecule has 1 saturated heterocycles. The predicted octanol–water partition coefficient (Wildman–Crippen LogP) is 8.60. The summed E-state index contributed by atoms with van der Waals surface area (Å²) in [4.78, 5) is 17.9. The molecule has 1 fully saturated rings. The number of hydrogen-bond acceptors (Lipinski definition) is 9. The number of pyridine rings is 1. The smallest absolute Gasteiger partial charge is 0.267 e. The van der Waals surface area contributed by atoms with Crippen LogP contribution in [0.1, 0.15) is 63.1 Å². The van der Waals surface area contributed by atoms with Crippen LogP contribution < -0.4 is 10.0 Å². The van der Waals surface area contributed by atoms with Crippen LogP contribution in [0.3, 0.4) is 0 Å². The zero-order valence-electron chi connectivity index (χ0n) is 27.1. The van der Waals surface area contributed by atoms with Crippen LogP contribution in [-0.2, 0) is 20.2 Å². The van der Waals surface area contributed by atoms with E-state index in [9.17, 15) is 17.2 Å². The quantitative estimate of drug-likeness (QED) is 0.165. The van der Waals surface area contributed by atoms with Gasteiger partial charge in [0, 0.05) is 42.0 Å². The Morgan fingerprint density at radius 2 is 1.67 bits per heavy atom. The number of benzene rings is 2. The lowest BCUT2D eigenvalue weighted by atomic mass is 9.94. The first-order chi connectivity index (χ1) is 23.4. The number of thiazole rings is 1. The standard InChI is InChI=1S/C35H35F3N6O3S2/c1-35(2,3)33-43-30(23-9-6-12-27(29(23)38)44-49(45,46)32-24(36)10-7-11-25(32)37)31(48-33)28-15-17-39-34(42-28)41-22-13-14-26(40-20-22)21-8-4-5-18-47-19-16-21/h6-7,9-15,17,20-21,44H,4-5,8,16,18-19H2,1-3H3,(H,39,41,42). The van der Waals surface area contributed by atoms with Gasteiger partial charge in [0.25, 0.3) is 10.0 Å². The van der Waals surface area contributed by atoms with Gasteiger partial charge in [0.15, 0.2) is 10.7 Å². The fraction of sp³-hybridized carbons (Fsp3) is 0.314. The fourth-order valence-corrected chi connectivity index (χ4v) is 7.79. The Labute approximate surface area is 287 Å². The van der Waals surface area contributed by atoms with Gasteiger partial charge in [0.05, 0.1) is 38.8 Å². The van der Waals surface area contributed by atoms with Crippen molar-refractivity contribution in [2.75, 3.05) is 23.3 Å². The average Bonchev–Trinajstić information content (AvgIpc) is 3.49. The highest BCUT2D eigenvalue weighted by Gasteiger charge is 2.29. The second-order valence-corrected chi connectivity index (χ2v) is 15.3. The van der Waals surface area contributed by atoms with E-state index in [0.717, 1.165) is 62.8 Å². The molecule has 1 aliphatic rings. The second-order valence-electron chi connectivity index (χ2n) is 12.7. The van der Waals surface area contributed by atoms with E-state index in [1.54, 1.807) is 18.5 Å². The number of hydrogen-bond donors (Lipinski definition) is 2. The van der Waals surface area contributed by atoms with E-state index >= 15 is 4.39 Å². The number of ether oxygens (including phenoxy) is 1. The lowest BCUT2D eigenvalue weighted by Crippen LogP contribution is -2.17. The average molecular weight is 709 g/mol. The summed E-state index contributed by atoms with van der Waals surface area (Å²) >= 11 is 1.32. The van der Waals surface area contributed by atoms with Gasteiger partial charge in [0.2, 0.25) is 5.95 Å². The number of sulfonamides is 1. The van der Waals surface area contributed by atoms with Crippen molar-refractivity contribution in [3.05, 3.63) is 95.1 Å². The molecule has 1 unspecified atom stereocenters. The van der Waals surface area contributed by atoms with Crippen molar-refractivity contribution in [1.29, 1.82) is 0 Å². The molecular weight excluding hydrogens is 674 g/mol. The Morgan fingerprint density at radius 1 is 0.898 bits per heavy atom. The van der Waals surface area contributed by atoms with Gasteiger partial charge in [-0.2, -0.15) is 0 Å². The Morgan fingerprint density at radius 3 is 2.41 bits per heavy atom. The minimum Gasteiger partial charge on any atom is -0.381 e. The molecule has 2 aromatic carbocycles. The molecule has 14 heteroatoms. The number of halogens is 3. The predicted molar refractivity (Wildman–Crippen MR) is 184 cm³/mol. The number of rotatable bonds is 8. The van der Waals surface area contributed by atoms with Crippen molar-refractivity contribution >= 4 is 38.7 Å². The Bertz CT molecular complexity index is 2040. The summed E-state index contributed by atoms with van der Waals surface area (Å²) in [5.74, 6) is -2.94. The van der Waals surface area contributed by atoms with Crippen LogP contribution >= 0.6 is 11.3 Å². The lowest BCUT2D eigenvalue weighted by molar-refractivity contribution is 0.110. The summed E-state index contributed by atoms with van der Waals surface area (Å²) < 4.78 is 78.5. The number of nitrogens with zero attached hydrogens (tertiary/aromatic N) is 4. The minimum absolute atomic E-state index is 0.0246. The molecule has 0 bridgehead atoms. The van der Waals surface area contributed by atoms with Crippen LogP contribution in [0.5, 0.6) is 0 Å². The third-order valence-electron chi connectivity index (χ3n) is 8.01. The number of anilines is 3. The maximum absolute atomic E-state index is 16.2. The van der Waals surface area contributed by atoms with Crippen LogP contribution in [0.15, 0.2) is 71.9 Å². The molecule has 0 amide bonds. The summed E-state index contributed by atoms with van der Waals surface area (Å²) in [7, 11) is -4.82. The molecule has 5 aromatic rings. The van der Waals surface area contributed by atoms with E-state index in [2.05, 4.69) is 10.3 Å². The zero-order chi connectivity index (χ0) is 34.8. The van der Waals surface area contributed by atoms with Crippen LogP contribution in [0, 0.1) is 17.5 Å². The molecule has 256 valence electrons. The van der Waals surface area contributed by atoms with Crippen LogP contribution in [0.4, 0.5) is 30.5 Å². The largest absolute Gasteiger partial charge is 0.381 e. The van der Waals surface area contributed by atoms with Gasteiger partial charge in [-0.1, -0.05) is 39.3 Å². The van der Waals surface area contributed by atoms with Crippen molar-refractivity contribution in [2.45, 2.75) is 62.7 Å². The number of aromatic nitrogens is 4. The third kappa shape index (κ3) is 7.76. The van der Waals surface area contributed by atoms with Crippen LogP contribution in [-0.4, -0.2) is 41.6 Å². The molecule has 1 atom stereocenters. The fourth-order valence-electron chi connectivity index (χ4n) is 5.48. The molecule has 0 radical (unpaired) electrons. The van der Waals surface area contributed by atoms with Crippen molar-refractivity contribution < 1.29 is 26.3 Å². The summed E-state index contributed by atoms with van der Waals surface area (Å²) in [6.07, 6.45) is 7.47. The molecule has 49 heavy (non-hydrogen) atoms. The zero-order valence-corrected chi connectivity index (χ0v) is 28.8. The van der Waals surface area contributed by atoms with Gasteiger partial charge < -0.3 is 10.1 Å². The molecular formula is C35H35F3N6O3S2. The monoisotopic (exact) mass is 708 g/mol. The van der Waals surface area contributed by atoms with Crippen LogP contribution in [0.25, 0.3) is 21.8 Å². The Hall–Kier alpha value is -4.40. The summed E-state index contributed by atoms with van der Waals surface area (Å²) in [5, 5.41) is 3.88. The minimum atomic E-state index is -4.82. The Balaban J connectivity index is 1.31. The highest BCUT2D eigenvalue weighted by atomic mass is 32.2. The van der Waals surface area contributed by atoms with E-state index in [-0.39, 0.29) is 17.2 Å². The first-order valence-electron chi connectivity index (χ1n) is 15.8. The molecule has 1 aliphatic heterocycles.